The van der Waals surface area contributed by atoms with Crippen LogP contribution < -0.4 is 15.8 Å². The first-order valence-corrected chi connectivity index (χ1v) is 6.54. The van der Waals surface area contributed by atoms with E-state index in [1.165, 1.54) is 0 Å². The number of nitrogens with one attached hydrogen (secondary N) is 1. The van der Waals surface area contributed by atoms with Crippen LogP contribution in [0.15, 0.2) is 24.3 Å². The van der Waals surface area contributed by atoms with Gasteiger partial charge in [0.05, 0.1) is 13.2 Å². The van der Waals surface area contributed by atoms with Gasteiger partial charge in [-0.1, -0.05) is 18.2 Å². The number of hydrogen-bond acceptors (Lipinski definition) is 3. The molecule has 0 radical (unpaired) electrons. The second-order valence-electron chi connectivity index (χ2n) is 5.52. The largest absolute Gasteiger partial charge is 0.496 e. The standard InChI is InChI=1S/C15H24N2O2/c1-11(12-7-5-6-8-13(12)19-4)17-14(18)9-10-15(2,3)16/h5-8,11H,9-10,16H2,1-4H3,(H,17,18)/t11-/m0/s1. The van der Waals surface area contributed by atoms with Gasteiger partial charge in [0.15, 0.2) is 0 Å². The molecule has 0 saturated carbocycles. The fraction of sp³-hybridized carbons (Fsp3) is 0.533. The summed E-state index contributed by atoms with van der Waals surface area (Å²) in [5, 5.41) is 2.97. The molecule has 0 aliphatic carbocycles. The summed E-state index contributed by atoms with van der Waals surface area (Å²) in [6.45, 7) is 5.79. The molecule has 1 atom stereocenters. The van der Waals surface area contributed by atoms with Crippen LogP contribution in [0.1, 0.15) is 45.2 Å². The topological polar surface area (TPSA) is 64.3 Å². The van der Waals surface area contributed by atoms with Gasteiger partial charge >= 0.3 is 0 Å². The summed E-state index contributed by atoms with van der Waals surface area (Å²) in [5.41, 5.74) is 6.53. The zero-order chi connectivity index (χ0) is 14.5. The van der Waals surface area contributed by atoms with Gasteiger partial charge in [0.25, 0.3) is 0 Å². The number of benzene rings is 1. The van der Waals surface area contributed by atoms with Crippen LogP contribution in [-0.4, -0.2) is 18.6 Å². The van der Waals surface area contributed by atoms with Crippen LogP contribution in [0, 0.1) is 0 Å². The zero-order valence-corrected chi connectivity index (χ0v) is 12.2. The Kier molecular flexibility index (Phi) is 5.36. The molecule has 0 heterocycles. The Balaban J connectivity index is 2.59. The fourth-order valence-electron chi connectivity index (χ4n) is 1.85. The van der Waals surface area contributed by atoms with E-state index < -0.39 is 0 Å². The Morgan fingerprint density at radius 1 is 1.42 bits per heavy atom. The molecule has 106 valence electrons. The van der Waals surface area contributed by atoms with Crippen molar-refractivity contribution in [1.29, 1.82) is 0 Å². The number of carbonyl (C=O) groups excluding carboxylic acids is 1. The number of hydrogen-bond donors (Lipinski definition) is 2. The van der Waals surface area contributed by atoms with E-state index in [1.807, 2.05) is 45.0 Å². The highest BCUT2D eigenvalue weighted by Crippen LogP contribution is 2.24. The average molecular weight is 264 g/mol. The van der Waals surface area contributed by atoms with Gasteiger partial charge in [0.1, 0.15) is 5.75 Å². The minimum Gasteiger partial charge on any atom is -0.496 e. The first-order chi connectivity index (χ1) is 8.83. The van der Waals surface area contributed by atoms with Crippen molar-refractivity contribution in [2.24, 2.45) is 5.73 Å². The monoisotopic (exact) mass is 264 g/mol. The number of rotatable bonds is 6. The van der Waals surface area contributed by atoms with Gasteiger partial charge < -0.3 is 15.8 Å². The zero-order valence-electron chi connectivity index (χ0n) is 12.2. The quantitative estimate of drug-likeness (QED) is 0.829. The summed E-state index contributed by atoms with van der Waals surface area (Å²) >= 11 is 0. The van der Waals surface area contributed by atoms with Gasteiger partial charge in [-0.25, -0.2) is 0 Å². The van der Waals surface area contributed by atoms with Crippen LogP contribution >= 0.6 is 0 Å². The second kappa shape index (κ2) is 6.57. The minimum absolute atomic E-state index is 0.0110. The Bertz CT molecular complexity index is 424. The number of carbonyl (C=O) groups is 1. The summed E-state index contributed by atoms with van der Waals surface area (Å²) in [6, 6.07) is 7.61. The highest BCUT2D eigenvalue weighted by Gasteiger charge is 2.16. The van der Waals surface area contributed by atoms with Crippen molar-refractivity contribution >= 4 is 5.91 Å². The predicted molar refractivity (Wildman–Crippen MR) is 77.1 cm³/mol. The first kappa shape index (κ1) is 15.5. The number of nitrogens with two attached hydrogens (primary N) is 1. The molecule has 19 heavy (non-hydrogen) atoms. The number of para-hydroxylation sites is 1. The molecule has 0 unspecified atom stereocenters. The van der Waals surface area contributed by atoms with Gasteiger partial charge in [-0.05, 0) is 33.3 Å². The SMILES string of the molecule is COc1ccccc1[C@H](C)NC(=O)CCC(C)(C)N. The number of amides is 1. The lowest BCUT2D eigenvalue weighted by molar-refractivity contribution is -0.122. The van der Waals surface area contributed by atoms with E-state index in [2.05, 4.69) is 5.32 Å². The Morgan fingerprint density at radius 2 is 2.05 bits per heavy atom. The average Bonchev–Trinajstić information content (AvgIpc) is 2.35. The van der Waals surface area contributed by atoms with Crippen molar-refractivity contribution in [3.8, 4) is 5.75 Å². The predicted octanol–water partition coefficient (Wildman–Crippen LogP) is 2.39. The van der Waals surface area contributed by atoms with Crippen LogP contribution in [0.2, 0.25) is 0 Å². The van der Waals surface area contributed by atoms with Crippen molar-refractivity contribution < 1.29 is 9.53 Å². The highest BCUT2D eigenvalue weighted by atomic mass is 16.5. The fourth-order valence-corrected chi connectivity index (χ4v) is 1.85. The van der Waals surface area contributed by atoms with E-state index in [1.54, 1.807) is 7.11 Å². The van der Waals surface area contributed by atoms with E-state index in [0.717, 1.165) is 11.3 Å². The summed E-state index contributed by atoms with van der Waals surface area (Å²) in [7, 11) is 1.63. The lowest BCUT2D eigenvalue weighted by Crippen LogP contribution is -2.35. The molecular formula is C15H24N2O2. The van der Waals surface area contributed by atoms with Gasteiger partial charge in [0.2, 0.25) is 5.91 Å². The maximum atomic E-state index is 11.9. The van der Waals surface area contributed by atoms with Crippen molar-refractivity contribution in [1.82, 2.24) is 5.32 Å². The second-order valence-corrected chi connectivity index (χ2v) is 5.52. The third-order valence-electron chi connectivity index (χ3n) is 2.98. The van der Waals surface area contributed by atoms with Crippen LogP contribution in [0.25, 0.3) is 0 Å². The van der Waals surface area contributed by atoms with Crippen LogP contribution in [0.3, 0.4) is 0 Å². The molecule has 3 N–H and O–H groups in total. The molecule has 0 aliphatic rings. The normalized spacial score (nSPS) is 12.9. The molecule has 0 fully saturated rings. The van der Waals surface area contributed by atoms with Crippen LogP contribution in [0.4, 0.5) is 0 Å². The van der Waals surface area contributed by atoms with Crippen molar-refractivity contribution in [2.45, 2.75) is 45.2 Å². The van der Waals surface area contributed by atoms with Crippen LogP contribution in [0.5, 0.6) is 5.75 Å². The van der Waals surface area contributed by atoms with E-state index in [0.29, 0.717) is 12.8 Å². The molecule has 0 bridgehead atoms. The summed E-state index contributed by atoms with van der Waals surface area (Å²) in [5.74, 6) is 0.798. The molecule has 1 amide bonds. The molecule has 0 saturated heterocycles. The van der Waals surface area contributed by atoms with E-state index in [4.69, 9.17) is 10.5 Å². The Hall–Kier alpha value is -1.55. The Morgan fingerprint density at radius 3 is 2.63 bits per heavy atom. The minimum atomic E-state index is -0.314. The molecule has 4 heteroatoms. The third kappa shape index (κ3) is 5.30. The summed E-state index contributed by atoms with van der Waals surface area (Å²) in [6.07, 6.45) is 1.10. The molecule has 1 aromatic rings. The number of methoxy groups -OCH3 is 1. The molecule has 0 aliphatic heterocycles. The lowest BCUT2D eigenvalue weighted by atomic mass is 9.99. The summed E-state index contributed by atoms with van der Waals surface area (Å²) in [4.78, 5) is 11.9. The van der Waals surface area contributed by atoms with Gasteiger partial charge in [0, 0.05) is 17.5 Å². The summed E-state index contributed by atoms with van der Waals surface area (Å²) < 4.78 is 5.29. The third-order valence-corrected chi connectivity index (χ3v) is 2.98. The highest BCUT2D eigenvalue weighted by molar-refractivity contribution is 5.76. The van der Waals surface area contributed by atoms with E-state index >= 15 is 0 Å². The van der Waals surface area contributed by atoms with Gasteiger partial charge in [-0.3, -0.25) is 4.79 Å². The van der Waals surface area contributed by atoms with Gasteiger partial charge in [-0.2, -0.15) is 0 Å². The Labute approximate surface area is 115 Å². The lowest BCUT2D eigenvalue weighted by Gasteiger charge is -2.20. The van der Waals surface area contributed by atoms with Crippen molar-refractivity contribution in [3.63, 3.8) is 0 Å². The molecule has 4 nitrogen and oxygen atoms in total. The maximum absolute atomic E-state index is 11.9. The number of ether oxygens (including phenoxy) is 1. The molecule has 0 spiro atoms. The van der Waals surface area contributed by atoms with Crippen molar-refractivity contribution in [3.05, 3.63) is 29.8 Å². The molecule has 0 aromatic heterocycles. The van der Waals surface area contributed by atoms with Gasteiger partial charge in [-0.15, -0.1) is 0 Å². The molecule has 1 rings (SSSR count). The molecule has 1 aromatic carbocycles. The molecular weight excluding hydrogens is 240 g/mol. The maximum Gasteiger partial charge on any atom is 0.220 e. The van der Waals surface area contributed by atoms with Crippen LogP contribution in [-0.2, 0) is 4.79 Å². The smallest absolute Gasteiger partial charge is 0.220 e. The first-order valence-electron chi connectivity index (χ1n) is 6.54. The van der Waals surface area contributed by atoms with Crippen molar-refractivity contribution in [2.75, 3.05) is 7.11 Å². The van der Waals surface area contributed by atoms with E-state index in [9.17, 15) is 4.79 Å². The van der Waals surface area contributed by atoms with E-state index in [-0.39, 0.29) is 17.5 Å².